The fourth-order valence-electron chi connectivity index (χ4n) is 0.783. The maximum absolute atomic E-state index is 12.9. The van der Waals surface area contributed by atoms with Crippen LogP contribution in [0.25, 0.3) is 0 Å². The Balaban J connectivity index is 3.88. The van der Waals surface area contributed by atoms with Gasteiger partial charge in [-0.2, -0.15) is 0 Å². The van der Waals surface area contributed by atoms with Crippen LogP contribution >= 0.6 is 0 Å². The van der Waals surface area contributed by atoms with E-state index in [1.807, 2.05) is 0 Å². The third kappa shape index (κ3) is 6.71. The summed E-state index contributed by atoms with van der Waals surface area (Å²) in [6.45, 7) is 4.50. The van der Waals surface area contributed by atoms with E-state index in [-0.39, 0.29) is 18.9 Å². The minimum absolute atomic E-state index is 0.118. The summed E-state index contributed by atoms with van der Waals surface area (Å²) < 4.78 is 51.0. The van der Waals surface area contributed by atoms with Gasteiger partial charge in [0, 0.05) is 6.04 Å². The zero-order valence-electron chi connectivity index (χ0n) is 7.77. The highest BCUT2D eigenvalue weighted by molar-refractivity contribution is 4.92. The minimum atomic E-state index is -4.88. The summed E-state index contributed by atoms with van der Waals surface area (Å²) in [5.74, 6) is -0.918. The fraction of sp³-hybridized carbons (Fsp3) is 0.750. The van der Waals surface area contributed by atoms with Gasteiger partial charge in [-0.25, -0.2) is 4.39 Å². The van der Waals surface area contributed by atoms with Crippen molar-refractivity contribution in [3.63, 3.8) is 0 Å². The van der Waals surface area contributed by atoms with Crippen molar-refractivity contribution >= 4 is 0 Å². The molecule has 0 amide bonds. The topological polar surface area (TPSA) is 35.2 Å². The highest BCUT2D eigenvalue weighted by Gasteiger charge is 2.33. The summed E-state index contributed by atoms with van der Waals surface area (Å²) in [5, 5.41) is 0. The highest BCUT2D eigenvalue weighted by atomic mass is 19.4. The highest BCUT2D eigenvalue weighted by Crippen LogP contribution is 2.24. The van der Waals surface area contributed by atoms with E-state index in [1.165, 1.54) is 0 Å². The molecule has 0 aromatic heterocycles. The number of hydrogen-bond acceptors (Lipinski definition) is 2. The van der Waals surface area contributed by atoms with E-state index in [0.717, 1.165) is 0 Å². The molecule has 2 unspecified atom stereocenters. The average molecular weight is 215 g/mol. The van der Waals surface area contributed by atoms with Crippen molar-refractivity contribution in [2.45, 2.75) is 38.3 Å². The van der Waals surface area contributed by atoms with Crippen LogP contribution in [-0.2, 0) is 4.74 Å². The van der Waals surface area contributed by atoms with Crippen LogP contribution in [0.4, 0.5) is 17.6 Å². The normalized spacial score (nSPS) is 16.1. The molecule has 0 aliphatic carbocycles. The molecule has 0 aliphatic rings. The van der Waals surface area contributed by atoms with Gasteiger partial charge in [-0.1, -0.05) is 6.58 Å². The van der Waals surface area contributed by atoms with Gasteiger partial charge in [0.1, 0.15) is 5.76 Å². The van der Waals surface area contributed by atoms with E-state index in [4.69, 9.17) is 5.73 Å². The molecule has 84 valence electrons. The van der Waals surface area contributed by atoms with Crippen molar-refractivity contribution in [3.05, 3.63) is 12.3 Å². The largest absolute Gasteiger partial charge is 0.572 e. The molecule has 0 aromatic carbocycles. The lowest BCUT2D eigenvalue weighted by Gasteiger charge is -2.15. The van der Waals surface area contributed by atoms with Crippen molar-refractivity contribution in [3.8, 4) is 0 Å². The van der Waals surface area contributed by atoms with E-state index in [1.54, 1.807) is 6.92 Å². The zero-order chi connectivity index (χ0) is 11.4. The van der Waals surface area contributed by atoms with Crippen LogP contribution < -0.4 is 5.73 Å². The van der Waals surface area contributed by atoms with Gasteiger partial charge in [0.2, 0.25) is 0 Å². The van der Waals surface area contributed by atoms with Crippen molar-refractivity contribution in [1.82, 2.24) is 0 Å². The van der Waals surface area contributed by atoms with Crippen molar-refractivity contribution in [2.24, 2.45) is 5.73 Å². The molecule has 0 saturated heterocycles. The summed E-state index contributed by atoms with van der Waals surface area (Å²) in [4.78, 5) is 0. The maximum atomic E-state index is 12.9. The Kier molecular flexibility index (Phi) is 4.90. The molecule has 0 aromatic rings. The second-order valence-electron chi connectivity index (χ2n) is 3.04. The van der Waals surface area contributed by atoms with Crippen LogP contribution in [0.15, 0.2) is 12.3 Å². The third-order valence-electron chi connectivity index (χ3n) is 1.47. The van der Waals surface area contributed by atoms with Gasteiger partial charge in [0.05, 0.1) is 0 Å². The van der Waals surface area contributed by atoms with E-state index in [0.29, 0.717) is 0 Å². The van der Waals surface area contributed by atoms with Crippen LogP contribution in [0.5, 0.6) is 0 Å². The Labute approximate surface area is 79.7 Å². The second kappa shape index (κ2) is 5.19. The Hall–Kier alpha value is -0.780. The molecule has 0 bridgehead atoms. The first-order valence-corrected chi connectivity index (χ1v) is 4.06. The van der Waals surface area contributed by atoms with Gasteiger partial charge in [-0.3, -0.25) is 0 Å². The smallest absolute Gasteiger partial charge is 0.408 e. The first-order valence-electron chi connectivity index (χ1n) is 4.06. The van der Waals surface area contributed by atoms with Crippen LogP contribution in [0, 0.1) is 0 Å². The Morgan fingerprint density at radius 1 is 1.43 bits per heavy atom. The van der Waals surface area contributed by atoms with Gasteiger partial charge in [0.15, 0.2) is 6.17 Å². The Bertz CT molecular complexity index is 190. The molecule has 0 radical (unpaired) electrons. The quantitative estimate of drug-likeness (QED) is 0.565. The molecular formula is C8H13F4NO. The predicted octanol–water partition coefficient (Wildman–Crippen LogP) is 2.50. The summed E-state index contributed by atoms with van der Waals surface area (Å²) >= 11 is 0. The van der Waals surface area contributed by atoms with Crippen LogP contribution in [-0.4, -0.2) is 18.6 Å². The molecule has 0 heterocycles. The molecule has 2 N–H and O–H groups in total. The van der Waals surface area contributed by atoms with Crippen LogP contribution in [0.3, 0.4) is 0 Å². The SMILES string of the molecule is C=C(OC(F)(F)F)C(F)CCC(C)N. The van der Waals surface area contributed by atoms with Crippen molar-refractivity contribution in [1.29, 1.82) is 0 Å². The molecule has 0 rings (SSSR count). The van der Waals surface area contributed by atoms with Gasteiger partial charge in [-0.05, 0) is 19.8 Å². The summed E-state index contributed by atoms with van der Waals surface area (Å²) in [6, 6.07) is -0.257. The van der Waals surface area contributed by atoms with Crippen molar-refractivity contribution < 1.29 is 22.3 Å². The predicted molar refractivity (Wildman–Crippen MR) is 44.1 cm³/mol. The molecule has 2 atom stereocenters. The van der Waals surface area contributed by atoms with Crippen LogP contribution in [0.1, 0.15) is 19.8 Å². The number of rotatable bonds is 5. The molecule has 0 saturated carbocycles. The van der Waals surface area contributed by atoms with Gasteiger partial charge in [-0.15, -0.1) is 13.2 Å². The molecule has 0 spiro atoms. The fourth-order valence-corrected chi connectivity index (χ4v) is 0.783. The van der Waals surface area contributed by atoms with E-state index in [2.05, 4.69) is 11.3 Å². The van der Waals surface area contributed by atoms with Gasteiger partial charge in [0.25, 0.3) is 0 Å². The van der Waals surface area contributed by atoms with Crippen molar-refractivity contribution in [2.75, 3.05) is 0 Å². The number of halogens is 4. The van der Waals surface area contributed by atoms with E-state index < -0.39 is 18.3 Å². The third-order valence-corrected chi connectivity index (χ3v) is 1.47. The van der Waals surface area contributed by atoms with Crippen LogP contribution in [0.2, 0.25) is 0 Å². The van der Waals surface area contributed by atoms with Gasteiger partial charge >= 0.3 is 6.36 Å². The first kappa shape index (κ1) is 13.2. The summed E-state index contributed by atoms with van der Waals surface area (Å²) in [6.07, 6.45) is -6.55. The van der Waals surface area contributed by atoms with Gasteiger partial charge < -0.3 is 10.5 Å². The molecule has 14 heavy (non-hydrogen) atoms. The average Bonchev–Trinajstić information content (AvgIpc) is 1.96. The monoisotopic (exact) mass is 215 g/mol. The zero-order valence-corrected chi connectivity index (χ0v) is 7.77. The number of hydrogen-bond donors (Lipinski definition) is 1. The number of nitrogens with two attached hydrogens (primary N) is 1. The van der Waals surface area contributed by atoms with E-state index >= 15 is 0 Å². The molecule has 2 nitrogen and oxygen atoms in total. The standard InChI is InChI=1S/C8H13F4NO/c1-5(13)3-4-7(9)6(2)14-8(10,11)12/h5,7H,2-4,13H2,1H3. The minimum Gasteiger partial charge on any atom is -0.408 e. The summed E-state index contributed by atoms with van der Waals surface area (Å²) in [7, 11) is 0. The number of alkyl halides is 4. The number of allylic oxidation sites excluding steroid dienone is 1. The molecular weight excluding hydrogens is 202 g/mol. The Morgan fingerprint density at radius 2 is 1.93 bits per heavy atom. The molecule has 6 heteroatoms. The lowest BCUT2D eigenvalue weighted by atomic mass is 10.1. The maximum Gasteiger partial charge on any atom is 0.572 e. The molecule has 0 fully saturated rings. The summed E-state index contributed by atoms with van der Waals surface area (Å²) in [5.41, 5.74) is 5.31. The molecule has 0 aliphatic heterocycles. The Morgan fingerprint density at radius 3 is 2.29 bits per heavy atom. The second-order valence-corrected chi connectivity index (χ2v) is 3.04. The number of ether oxygens (including phenoxy) is 1. The lowest BCUT2D eigenvalue weighted by Crippen LogP contribution is -2.21. The lowest BCUT2D eigenvalue weighted by molar-refractivity contribution is -0.308. The first-order chi connectivity index (χ1) is 6.22. The van der Waals surface area contributed by atoms with E-state index in [9.17, 15) is 17.6 Å².